The second kappa shape index (κ2) is 10.7. The summed E-state index contributed by atoms with van der Waals surface area (Å²) in [5.41, 5.74) is 1.73. The van der Waals surface area contributed by atoms with Crippen LogP contribution in [0.4, 0.5) is 4.79 Å². The van der Waals surface area contributed by atoms with Crippen molar-refractivity contribution in [1.29, 1.82) is 0 Å². The Hall–Kier alpha value is -2.04. The van der Waals surface area contributed by atoms with Gasteiger partial charge in [-0.3, -0.25) is 0 Å². The van der Waals surface area contributed by atoms with Crippen LogP contribution in [0.3, 0.4) is 0 Å². The van der Waals surface area contributed by atoms with E-state index in [4.69, 9.17) is 14.2 Å². The second-order valence-electron chi connectivity index (χ2n) is 5.77. The number of ether oxygens (including phenoxy) is 3. The van der Waals surface area contributed by atoms with Crippen molar-refractivity contribution in [2.45, 2.75) is 53.1 Å². The average molecular weight is 336 g/mol. The lowest BCUT2D eigenvalue weighted by molar-refractivity contribution is -0.0112. The van der Waals surface area contributed by atoms with E-state index in [-0.39, 0.29) is 31.2 Å². The highest BCUT2D eigenvalue weighted by atomic mass is 16.7. The second-order valence-corrected chi connectivity index (χ2v) is 5.77. The van der Waals surface area contributed by atoms with E-state index in [2.05, 4.69) is 6.92 Å². The fourth-order valence-electron chi connectivity index (χ4n) is 2.37. The molecule has 0 fully saturated rings. The summed E-state index contributed by atoms with van der Waals surface area (Å²) in [6.45, 7) is 8.09. The van der Waals surface area contributed by atoms with Crippen molar-refractivity contribution >= 4 is 12.1 Å². The molecule has 5 nitrogen and oxygen atoms in total. The van der Waals surface area contributed by atoms with Crippen molar-refractivity contribution in [3.05, 3.63) is 35.4 Å². The topological polar surface area (TPSA) is 61.8 Å². The summed E-state index contributed by atoms with van der Waals surface area (Å²) >= 11 is 0. The maximum absolute atomic E-state index is 12.1. The summed E-state index contributed by atoms with van der Waals surface area (Å²) in [6, 6.07) is 7.46. The van der Waals surface area contributed by atoms with Gasteiger partial charge in [0.15, 0.2) is 0 Å². The van der Waals surface area contributed by atoms with Crippen molar-refractivity contribution in [3.63, 3.8) is 0 Å². The molecule has 1 aromatic carbocycles. The molecule has 0 aliphatic rings. The predicted octanol–water partition coefficient (Wildman–Crippen LogP) is 4.38. The predicted molar refractivity (Wildman–Crippen MR) is 92.1 cm³/mol. The zero-order valence-electron chi connectivity index (χ0n) is 15.0. The number of aryl methyl sites for hydroxylation is 1. The van der Waals surface area contributed by atoms with Gasteiger partial charge < -0.3 is 14.2 Å². The van der Waals surface area contributed by atoms with E-state index in [0.29, 0.717) is 12.0 Å². The molecule has 0 aromatic heterocycles. The Labute approximate surface area is 144 Å². The fraction of sp³-hybridized carbons (Fsp3) is 0.579. The third-order valence-corrected chi connectivity index (χ3v) is 3.75. The molecule has 0 radical (unpaired) electrons. The molecular weight excluding hydrogens is 308 g/mol. The number of carbonyl (C=O) groups is 2. The Morgan fingerprint density at radius 3 is 2.25 bits per heavy atom. The minimum atomic E-state index is -0.686. The van der Waals surface area contributed by atoms with E-state index in [1.165, 1.54) is 5.56 Å². The molecule has 1 rings (SSSR count). The highest BCUT2D eigenvalue weighted by Crippen LogP contribution is 2.15. The molecule has 0 N–H and O–H groups in total. The van der Waals surface area contributed by atoms with Crippen LogP contribution in [-0.4, -0.2) is 31.4 Å². The van der Waals surface area contributed by atoms with Gasteiger partial charge in [0.25, 0.3) is 0 Å². The summed E-state index contributed by atoms with van der Waals surface area (Å²) in [5.74, 6) is -0.474. The number of benzene rings is 1. The number of rotatable bonds is 9. The van der Waals surface area contributed by atoms with Crippen LogP contribution < -0.4 is 0 Å². The van der Waals surface area contributed by atoms with Crippen LogP contribution in [0.5, 0.6) is 0 Å². The van der Waals surface area contributed by atoms with Crippen LogP contribution in [-0.2, 0) is 20.6 Å². The maximum Gasteiger partial charge on any atom is 0.508 e. The van der Waals surface area contributed by atoms with Crippen molar-refractivity contribution in [2.24, 2.45) is 5.92 Å². The molecule has 2 unspecified atom stereocenters. The lowest BCUT2D eigenvalue weighted by Gasteiger charge is -2.22. The van der Waals surface area contributed by atoms with Crippen LogP contribution in [0.1, 0.15) is 56.5 Å². The third-order valence-electron chi connectivity index (χ3n) is 3.75. The fourth-order valence-corrected chi connectivity index (χ4v) is 2.37. The summed E-state index contributed by atoms with van der Waals surface area (Å²) in [7, 11) is 0. The van der Waals surface area contributed by atoms with Gasteiger partial charge in [-0.05, 0) is 37.5 Å². The van der Waals surface area contributed by atoms with Gasteiger partial charge in [-0.1, -0.05) is 39.3 Å². The molecule has 0 aliphatic carbocycles. The first-order valence-electron chi connectivity index (χ1n) is 8.61. The van der Waals surface area contributed by atoms with Gasteiger partial charge >= 0.3 is 12.1 Å². The number of hydrogen-bond donors (Lipinski definition) is 0. The lowest BCUT2D eigenvalue weighted by Crippen LogP contribution is -2.29. The van der Waals surface area contributed by atoms with Crippen molar-refractivity contribution in [2.75, 3.05) is 13.2 Å². The van der Waals surface area contributed by atoms with Gasteiger partial charge in [0.1, 0.15) is 6.10 Å². The van der Waals surface area contributed by atoms with Crippen LogP contribution in [0, 0.1) is 5.92 Å². The zero-order chi connectivity index (χ0) is 17.9. The molecule has 24 heavy (non-hydrogen) atoms. The summed E-state index contributed by atoms with van der Waals surface area (Å²) in [4.78, 5) is 23.5. The lowest BCUT2D eigenvalue weighted by atomic mass is 10.0. The smallest absolute Gasteiger partial charge is 0.462 e. The Morgan fingerprint density at radius 2 is 1.71 bits per heavy atom. The van der Waals surface area contributed by atoms with Crippen molar-refractivity contribution in [3.8, 4) is 0 Å². The summed E-state index contributed by atoms with van der Waals surface area (Å²) in [5, 5.41) is 0. The number of hydrogen-bond acceptors (Lipinski definition) is 5. The van der Waals surface area contributed by atoms with E-state index < -0.39 is 6.16 Å². The van der Waals surface area contributed by atoms with E-state index in [1.807, 2.05) is 26.0 Å². The molecule has 2 atom stereocenters. The molecule has 0 spiro atoms. The Kier molecular flexibility index (Phi) is 8.90. The quantitative estimate of drug-likeness (QED) is 0.626. The monoisotopic (exact) mass is 336 g/mol. The molecule has 0 saturated heterocycles. The van der Waals surface area contributed by atoms with E-state index in [0.717, 1.165) is 12.8 Å². The Balaban J connectivity index is 2.50. The first-order valence-corrected chi connectivity index (χ1v) is 8.61. The first kappa shape index (κ1) is 20.0. The van der Waals surface area contributed by atoms with Gasteiger partial charge in [0.2, 0.25) is 0 Å². The van der Waals surface area contributed by atoms with E-state index in [9.17, 15) is 9.59 Å². The molecule has 0 amide bonds. The Morgan fingerprint density at radius 1 is 1.04 bits per heavy atom. The van der Waals surface area contributed by atoms with Crippen LogP contribution in [0.15, 0.2) is 24.3 Å². The molecule has 0 saturated carbocycles. The van der Waals surface area contributed by atoms with Gasteiger partial charge in [0.05, 0.1) is 18.8 Å². The van der Waals surface area contributed by atoms with Gasteiger partial charge in [-0.15, -0.1) is 0 Å². The molecule has 0 aliphatic heterocycles. The standard InChI is InChI=1S/C19H28O5/c1-5-8-15-9-11-16(12-10-15)18(20)23-13-14(4)17(6-2)24-19(21)22-7-3/h9-12,14,17H,5-8,13H2,1-4H3. The maximum atomic E-state index is 12.1. The van der Waals surface area contributed by atoms with E-state index >= 15 is 0 Å². The molecule has 1 aromatic rings. The van der Waals surface area contributed by atoms with Gasteiger partial charge in [-0.25, -0.2) is 9.59 Å². The zero-order valence-corrected chi connectivity index (χ0v) is 15.0. The molecule has 0 heterocycles. The van der Waals surface area contributed by atoms with Crippen molar-refractivity contribution < 1.29 is 23.8 Å². The van der Waals surface area contributed by atoms with Crippen LogP contribution in [0.2, 0.25) is 0 Å². The molecule has 0 bridgehead atoms. The first-order chi connectivity index (χ1) is 11.5. The van der Waals surface area contributed by atoms with Crippen LogP contribution in [0.25, 0.3) is 0 Å². The number of carbonyl (C=O) groups excluding carboxylic acids is 2. The van der Waals surface area contributed by atoms with Gasteiger partial charge in [-0.2, -0.15) is 0 Å². The Bertz CT molecular complexity index is 509. The summed E-state index contributed by atoms with van der Waals surface area (Å²) < 4.78 is 15.4. The molecular formula is C19H28O5. The summed E-state index contributed by atoms with van der Waals surface area (Å²) in [6.07, 6.45) is 1.66. The minimum absolute atomic E-state index is 0.109. The normalized spacial score (nSPS) is 13.0. The molecule has 5 heteroatoms. The molecule has 134 valence electrons. The minimum Gasteiger partial charge on any atom is -0.462 e. The van der Waals surface area contributed by atoms with E-state index in [1.54, 1.807) is 19.1 Å². The average Bonchev–Trinajstić information content (AvgIpc) is 2.58. The SMILES string of the molecule is CCCc1ccc(C(=O)OCC(C)C(CC)OC(=O)OCC)cc1. The highest BCUT2D eigenvalue weighted by Gasteiger charge is 2.22. The number of esters is 1. The van der Waals surface area contributed by atoms with Crippen molar-refractivity contribution in [1.82, 2.24) is 0 Å². The third kappa shape index (κ3) is 6.60. The largest absolute Gasteiger partial charge is 0.508 e. The van der Waals surface area contributed by atoms with Gasteiger partial charge in [0, 0.05) is 5.92 Å². The van der Waals surface area contributed by atoms with Crippen LogP contribution >= 0.6 is 0 Å². The highest BCUT2D eigenvalue weighted by molar-refractivity contribution is 5.89.